The van der Waals surface area contributed by atoms with Crippen LogP contribution in [0.5, 0.6) is 0 Å². The molecular formula is C25H23N3O7S2. The Morgan fingerprint density at radius 1 is 1.08 bits per heavy atom. The number of sulfonamides is 1. The third-order valence-corrected chi connectivity index (χ3v) is 7.72. The second kappa shape index (κ2) is 10.6. The van der Waals surface area contributed by atoms with Crippen LogP contribution in [0, 0.1) is 0 Å². The fraction of sp³-hybridized carbons (Fsp3) is 0.200. The van der Waals surface area contributed by atoms with Gasteiger partial charge in [-0.3, -0.25) is 14.4 Å². The van der Waals surface area contributed by atoms with E-state index in [-0.39, 0.29) is 35.0 Å². The molecule has 192 valence electrons. The summed E-state index contributed by atoms with van der Waals surface area (Å²) in [6.45, 7) is 0.115. The van der Waals surface area contributed by atoms with E-state index in [2.05, 4.69) is 4.74 Å². The van der Waals surface area contributed by atoms with Crippen molar-refractivity contribution in [2.24, 2.45) is 5.14 Å². The zero-order valence-corrected chi connectivity index (χ0v) is 21.3. The van der Waals surface area contributed by atoms with Crippen LogP contribution in [0.15, 0.2) is 70.9 Å². The normalized spacial score (nSPS) is 15.6. The van der Waals surface area contributed by atoms with Gasteiger partial charge in [-0.25, -0.2) is 23.3 Å². The van der Waals surface area contributed by atoms with E-state index in [0.717, 1.165) is 10.5 Å². The average molecular weight is 542 g/mol. The minimum Gasteiger partial charge on any atom is -0.465 e. The summed E-state index contributed by atoms with van der Waals surface area (Å²) in [6, 6.07) is 14.1. The van der Waals surface area contributed by atoms with Crippen LogP contribution in [-0.4, -0.2) is 56.7 Å². The van der Waals surface area contributed by atoms with Crippen LogP contribution < -0.4 is 10.0 Å². The van der Waals surface area contributed by atoms with Crippen LogP contribution >= 0.6 is 11.3 Å². The first-order valence-corrected chi connectivity index (χ1v) is 13.5. The van der Waals surface area contributed by atoms with Crippen LogP contribution in [0.3, 0.4) is 0 Å². The van der Waals surface area contributed by atoms with Gasteiger partial charge in [-0.2, -0.15) is 0 Å². The Hall–Kier alpha value is -3.87. The molecule has 2 heterocycles. The van der Waals surface area contributed by atoms with Crippen molar-refractivity contribution >= 4 is 50.7 Å². The lowest BCUT2D eigenvalue weighted by Crippen LogP contribution is -2.46. The third-order valence-electron chi connectivity index (χ3n) is 5.93. The number of benzene rings is 2. The maximum absolute atomic E-state index is 13.4. The van der Waals surface area contributed by atoms with Gasteiger partial charge in [-0.1, -0.05) is 18.2 Å². The molecule has 1 saturated heterocycles. The summed E-state index contributed by atoms with van der Waals surface area (Å²) in [4.78, 5) is 54.2. The fourth-order valence-corrected chi connectivity index (χ4v) is 5.23. The Kier molecular flexibility index (Phi) is 7.52. The molecule has 1 aliphatic heterocycles. The molecule has 0 bridgehead atoms. The zero-order valence-electron chi connectivity index (χ0n) is 19.7. The monoisotopic (exact) mass is 541 g/mol. The number of nitrogens with two attached hydrogens (primary N) is 1. The first kappa shape index (κ1) is 26.2. The Bertz CT molecular complexity index is 1430. The van der Waals surface area contributed by atoms with Gasteiger partial charge >= 0.3 is 5.97 Å². The van der Waals surface area contributed by atoms with Crippen LogP contribution in [-0.2, 0) is 30.8 Å². The smallest absolute Gasteiger partial charge is 0.337 e. The second-order valence-corrected chi connectivity index (χ2v) is 10.7. The summed E-state index contributed by atoms with van der Waals surface area (Å²) in [7, 11) is -2.59. The predicted octanol–water partition coefficient (Wildman–Crippen LogP) is 2.20. The molecule has 0 saturated carbocycles. The summed E-state index contributed by atoms with van der Waals surface area (Å²) in [5, 5.41) is 6.89. The maximum atomic E-state index is 13.4. The Morgan fingerprint density at radius 2 is 1.76 bits per heavy atom. The number of amides is 3. The van der Waals surface area contributed by atoms with Gasteiger partial charge in [0.05, 0.1) is 34.6 Å². The first-order valence-electron chi connectivity index (χ1n) is 11.1. The van der Waals surface area contributed by atoms with Crippen molar-refractivity contribution in [3.05, 3.63) is 82.0 Å². The Labute approximate surface area is 217 Å². The van der Waals surface area contributed by atoms with Crippen molar-refractivity contribution in [3.8, 4) is 0 Å². The lowest BCUT2D eigenvalue weighted by Gasteiger charge is -2.27. The highest BCUT2D eigenvalue weighted by Crippen LogP contribution is 2.28. The maximum Gasteiger partial charge on any atom is 0.337 e. The van der Waals surface area contributed by atoms with E-state index in [1.54, 1.807) is 29.6 Å². The number of thiophene rings is 1. The van der Waals surface area contributed by atoms with Crippen LogP contribution in [0.1, 0.15) is 32.0 Å². The largest absolute Gasteiger partial charge is 0.465 e. The van der Waals surface area contributed by atoms with Crippen molar-refractivity contribution < 1.29 is 32.3 Å². The summed E-state index contributed by atoms with van der Waals surface area (Å²) in [5.74, 6) is -1.95. The minimum absolute atomic E-state index is 0.0341. The highest BCUT2D eigenvalue weighted by atomic mass is 32.2. The van der Waals surface area contributed by atoms with Crippen molar-refractivity contribution in [3.63, 3.8) is 0 Å². The van der Waals surface area contributed by atoms with Gasteiger partial charge in [-0.05, 0) is 59.8 Å². The molecule has 37 heavy (non-hydrogen) atoms. The van der Waals surface area contributed by atoms with E-state index in [1.807, 2.05) is 0 Å². The third kappa shape index (κ3) is 5.61. The molecule has 2 aromatic carbocycles. The summed E-state index contributed by atoms with van der Waals surface area (Å²) < 4.78 is 27.7. The van der Waals surface area contributed by atoms with Crippen molar-refractivity contribution in [2.75, 3.05) is 18.6 Å². The topological polar surface area (TPSA) is 144 Å². The van der Waals surface area contributed by atoms with Gasteiger partial charge < -0.3 is 9.64 Å². The standard InChI is InChI=1S/C25H23N3O7S2/c1-35-25(32)17-6-8-18(9-7-17)28-22(29)15-20(23(28)30)27(24(31)21-3-2-14-36-21)13-12-16-4-10-19(11-5-16)37(26,33)34/h2-11,14,20H,12-13,15H2,1H3,(H2,26,33,34). The number of hydrogen-bond donors (Lipinski definition) is 1. The highest BCUT2D eigenvalue weighted by molar-refractivity contribution is 7.89. The fourth-order valence-electron chi connectivity index (χ4n) is 4.03. The molecule has 1 unspecified atom stereocenters. The molecule has 1 fully saturated rings. The van der Waals surface area contributed by atoms with E-state index >= 15 is 0 Å². The Balaban J connectivity index is 1.58. The molecule has 1 aromatic heterocycles. The molecule has 0 spiro atoms. The molecule has 4 rings (SSSR count). The van der Waals surface area contributed by atoms with Crippen molar-refractivity contribution in [2.45, 2.75) is 23.8 Å². The second-order valence-electron chi connectivity index (χ2n) is 8.24. The van der Waals surface area contributed by atoms with E-state index < -0.39 is 33.8 Å². The number of methoxy groups -OCH3 is 1. The predicted molar refractivity (Wildman–Crippen MR) is 136 cm³/mol. The molecule has 0 aliphatic carbocycles. The minimum atomic E-state index is -3.84. The molecule has 10 nitrogen and oxygen atoms in total. The van der Waals surface area contributed by atoms with E-state index in [4.69, 9.17) is 5.14 Å². The number of nitrogens with zero attached hydrogens (tertiary/aromatic N) is 2. The van der Waals surface area contributed by atoms with E-state index in [0.29, 0.717) is 11.3 Å². The molecule has 3 amide bonds. The van der Waals surface area contributed by atoms with Crippen LogP contribution in [0.2, 0.25) is 0 Å². The lowest BCUT2D eigenvalue weighted by molar-refractivity contribution is -0.122. The van der Waals surface area contributed by atoms with Gasteiger partial charge in [0.2, 0.25) is 15.9 Å². The first-order chi connectivity index (χ1) is 17.6. The number of ether oxygens (including phenoxy) is 1. The van der Waals surface area contributed by atoms with Gasteiger partial charge in [0, 0.05) is 6.54 Å². The van der Waals surface area contributed by atoms with Crippen molar-refractivity contribution in [1.29, 1.82) is 0 Å². The number of hydrogen-bond acceptors (Lipinski definition) is 8. The van der Waals surface area contributed by atoms with Gasteiger partial charge in [0.25, 0.3) is 11.8 Å². The molecule has 1 atom stereocenters. The van der Waals surface area contributed by atoms with Gasteiger partial charge in [0.1, 0.15) is 6.04 Å². The van der Waals surface area contributed by atoms with Gasteiger partial charge in [-0.15, -0.1) is 11.3 Å². The van der Waals surface area contributed by atoms with E-state index in [1.165, 1.54) is 59.7 Å². The van der Waals surface area contributed by atoms with E-state index in [9.17, 15) is 27.6 Å². The Morgan fingerprint density at radius 3 is 2.32 bits per heavy atom. The van der Waals surface area contributed by atoms with Gasteiger partial charge in [0.15, 0.2) is 0 Å². The molecule has 1 aliphatic rings. The van der Waals surface area contributed by atoms with Crippen LogP contribution in [0.4, 0.5) is 5.69 Å². The SMILES string of the molecule is COC(=O)c1ccc(N2C(=O)CC(N(CCc3ccc(S(N)(=O)=O)cc3)C(=O)c3cccs3)C2=O)cc1. The number of anilines is 1. The molecule has 2 N–H and O–H groups in total. The number of esters is 1. The number of imide groups is 1. The zero-order chi connectivity index (χ0) is 26.7. The highest BCUT2D eigenvalue weighted by Gasteiger charge is 2.44. The summed E-state index contributed by atoms with van der Waals surface area (Å²) in [6.07, 6.45) is 0.118. The average Bonchev–Trinajstić information content (AvgIpc) is 3.52. The van der Waals surface area contributed by atoms with Crippen molar-refractivity contribution in [1.82, 2.24) is 4.90 Å². The quantitative estimate of drug-likeness (QED) is 0.340. The molecule has 0 radical (unpaired) electrons. The summed E-state index contributed by atoms with van der Waals surface area (Å²) >= 11 is 1.22. The summed E-state index contributed by atoms with van der Waals surface area (Å²) in [5.41, 5.74) is 1.28. The molecular weight excluding hydrogens is 518 g/mol. The number of carbonyl (C=O) groups is 4. The number of carbonyl (C=O) groups excluding carboxylic acids is 4. The molecule has 12 heteroatoms. The number of rotatable bonds is 8. The number of primary sulfonamides is 1. The molecule has 3 aromatic rings. The van der Waals surface area contributed by atoms with Crippen LogP contribution in [0.25, 0.3) is 0 Å². The lowest BCUT2D eigenvalue weighted by atomic mass is 10.1.